The summed E-state index contributed by atoms with van der Waals surface area (Å²) >= 11 is 3.39. The number of likely N-dealkylation sites (N-methyl/N-ethyl adjacent to an activating group) is 1. The summed E-state index contributed by atoms with van der Waals surface area (Å²) in [4.78, 5) is 14.2. The van der Waals surface area contributed by atoms with Gasteiger partial charge in [0.05, 0.1) is 6.54 Å². The van der Waals surface area contributed by atoms with Gasteiger partial charge < -0.3 is 4.90 Å². The van der Waals surface area contributed by atoms with E-state index in [1.807, 2.05) is 36.1 Å². The maximum absolute atomic E-state index is 12.9. The van der Waals surface area contributed by atoms with Gasteiger partial charge in [-0.25, -0.2) is 4.39 Å². The van der Waals surface area contributed by atoms with Crippen LogP contribution in [0.1, 0.15) is 17.3 Å². The van der Waals surface area contributed by atoms with Crippen molar-refractivity contribution in [3.63, 3.8) is 0 Å². The van der Waals surface area contributed by atoms with Crippen molar-refractivity contribution in [3.05, 3.63) is 64.4 Å². The molecule has 0 spiro atoms. The minimum Gasteiger partial charge on any atom is -0.364 e. The molecule has 0 atom stereocenters. The number of rotatable bonds is 5. The number of halogens is 2. The average molecular weight is 336 g/mol. The van der Waals surface area contributed by atoms with E-state index in [0.717, 1.165) is 16.7 Å². The summed E-state index contributed by atoms with van der Waals surface area (Å²) in [6, 6.07) is 13.5. The molecule has 0 aliphatic rings. The second-order valence-electron chi connectivity index (χ2n) is 4.42. The van der Waals surface area contributed by atoms with E-state index in [1.165, 1.54) is 24.3 Å². The van der Waals surface area contributed by atoms with Gasteiger partial charge in [-0.1, -0.05) is 15.9 Å². The number of hydrogen-bond donors (Lipinski definition) is 0. The van der Waals surface area contributed by atoms with Crippen molar-refractivity contribution < 1.29 is 9.18 Å². The van der Waals surface area contributed by atoms with Crippen LogP contribution in [0.25, 0.3) is 0 Å². The standard InChI is InChI=1S/C16H15BrFNO/c1-2-19(15-9-5-13(17)6-10-15)11-16(20)12-3-7-14(18)8-4-12/h3-10H,2,11H2,1H3. The predicted molar refractivity (Wildman–Crippen MR) is 82.8 cm³/mol. The molecule has 4 heteroatoms. The molecule has 2 aromatic rings. The molecular formula is C16H15BrFNO. The van der Waals surface area contributed by atoms with Gasteiger partial charge in [0.15, 0.2) is 5.78 Å². The average Bonchev–Trinajstić information content (AvgIpc) is 2.46. The smallest absolute Gasteiger partial charge is 0.182 e. The topological polar surface area (TPSA) is 20.3 Å². The van der Waals surface area contributed by atoms with Crippen LogP contribution in [0.3, 0.4) is 0 Å². The molecule has 0 N–H and O–H groups in total. The van der Waals surface area contributed by atoms with Gasteiger partial charge in [0.1, 0.15) is 5.82 Å². The first-order valence-corrected chi connectivity index (χ1v) is 7.18. The van der Waals surface area contributed by atoms with Crippen LogP contribution in [-0.4, -0.2) is 18.9 Å². The van der Waals surface area contributed by atoms with Crippen LogP contribution in [0.15, 0.2) is 53.0 Å². The highest BCUT2D eigenvalue weighted by molar-refractivity contribution is 9.10. The monoisotopic (exact) mass is 335 g/mol. The summed E-state index contributed by atoms with van der Waals surface area (Å²) in [5.41, 5.74) is 1.52. The molecule has 0 fully saturated rings. The van der Waals surface area contributed by atoms with Crippen LogP contribution < -0.4 is 4.90 Å². The van der Waals surface area contributed by atoms with Crippen LogP contribution in [0.2, 0.25) is 0 Å². The van der Waals surface area contributed by atoms with Crippen molar-refractivity contribution in [2.24, 2.45) is 0 Å². The van der Waals surface area contributed by atoms with Gasteiger partial charge >= 0.3 is 0 Å². The summed E-state index contributed by atoms with van der Waals surface area (Å²) in [7, 11) is 0. The van der Waals surface area contributed by atoms with Crippen molar-refractivity contribution in [1.82, 2.24) is 0 Å². The highest BCUT2D eigenvalue weighted by Crippen LogP contribution is 2.18. The Morgan fingerprint density at radius 1 is 1.10 bits per heavy atom. The van der Waals surface area contributed by atoms with Gasteiger partial charge in [-0.15, -0.1) is 0 Å². The highest BCUT2D eigenvalue weighted by Gasteiger charge is 2.12. The Kier molecular flexibility index (Phi) is 4.90. The Morgan fingerprint density at radius 3 is 2.25 bits per heavy atom. The van der Waals surface area contributed by atoms with Crippen LogP contribution in [0.4, 0.5) is 10.1 Å². The van der Waals surface area contributed by atoms with Gasteiger partial charge in [0, 0.05) is 22.3 Å². The number of benzene rings is 2. The summed E-state index contributed by atoms with van der Waals surface area (Å²) in [5, 5.41) is 0. The van der Waals surface area contributed by atoms with Crippen molar-refractivity contribution in [2.45, 2.75) is 6.92 Å². The zero-order valence-corrected chi connectivity index (χ0v) is 12.7. The first-order chi connectivity index (χ1) is 9.60. The third kappa shape index (κ3) is 3.67. The number of anilines is 1. The molecule has 0 bridgehead atoms. The largest absolute Gasteiger partial charge is 0.364 e. The maximum atomic E-state index is 12.9. The van der Waals surface area contributed by atoms with E-state index < -0.39 is 0 Å². The molecular weight excluding hydrogens is 321 g/mol. The minimum atomic E-state index is -0.332. The van der Waals surface area contributed by atoms with Gasteiger partial charge in [-0.3, -0.25) is 4.79 Å². The summed E-state index contributed by atoms with van der Waals surface area (Å²) in [6.45, 7) is 3.01. The van der Waals surface area contributed by atoms with Crippen molar-refractivity contribution in [3.8, 4) is 0 Å². The van der Waals surface area contributed by atoms with E-state index >= 15 is 0 Å². The minimum absolute atomic E-state index is 0.0187. The van der Waals surface area contributed by atoms with E-state index in [-0.39, 0.29) is 18.1 Å². The fraction of sp³-hybridized carbons (Fsp3) is 0.188. The molecule has 2 nitrogen and oxygen atoms in total. The highest BCUT2D eigenvalue weighted by atomic mass is 79.9. The third-order valence-corrected chi connectivity index (χ3v) is 3.60. The lowest BCUT2D eigenvalue weighted by Gasteiger charge is -2.22. The molecule has 0 radical (unpaired) electrons. The number of ketones is 1. The Morgan fingerprint density at radius 2 is 1.70 bits per heavy atom. The van der Waals surface area contributed by atoms with E-state index in [0.29, 0.717) is 5.56 Å². The molecule has 0 saturated carbocycles. The molecule has 0 aliphatic heterocycles. The second kappa shape index (κ2) is 6.66. The lowest BCUT2D eigenvalue weighted by molar-refractivity contribution is 0.0999. The lowest BCUT2D eigenvalue weighted by Crippen LogP contribution is -2.29. The van der Waals surface area contributed by atoms with Crippen molar-refractivity contribution in [2.75, 3.05) is 18.0 Å². The molecule has 0 amide bonds. The Balaban J connectivity index is 2.11. The molecule has 0 heterocycles. The molecule has 0 unspecified atom stereocenters. The van der Waals surface area contributed by atoms with Crippen LogP contribution >= 0.6 is 15.9 Å². The third-order valence-electron chi connectivity index (χ3n) is 3.07. The molecule has 0 saturated heterocycles. The molecule has 2 aromatic carbocycles. The number of Topliss-reactive ketones (excluding diaryl/α,β-unsaturated/α-hetero) is 1. The van der Waals surface area contributed by atoms with Crippen LogP contribution in [0.5, 0.6) is 0 Å². The summed E-state index contributed by atoms with van der Waals surface area (Å²) in [5.74, 6) is -0.350. The Hall–Kier alpha value is -1.68. The first-order valence-electron chi connectivity index (χ1n) is 6.39. The number of carbonyl (C=O) groups is 1. The Bertz CT molecular complexity index is 580. The molecule has 104 valence electrons. The lowest BCUT2D eigenvalue weighted by atomic mass is 10.1. The van der Waals surface area contributed by atoms with Crippen LogP contribution in [-0.2, 0) is 0 Å². The number of nitrogens with zero attached hydrogens (tertiary/aromatic N) is 1. The van der Waals surface area contributed by atoms with Gasteiger partial charge in [-0.2, -0.15) is 0 Å². The van der Waals surface area contributed by atoms with Crippen molar-refractivity contribution >= 4 is 27.4 Å². The zero-order chi connectivity index (χ0) is 14.5. The fourth-order valence-electron chi connectivity index (χ4n) is 1.94. The van der Waals surface area contributed by atoms with Gasteiger partial charge in [0.2, 0.25) is 0 Å². The van der Waals surface area contributed by atoms with Crippen LogP contribution in [0, 0.1) is 5.82 Å². The number of hydrogen-bond acceptors (Lipinski definition) is 2. The van der Waals surface area contributed by atoms with E-state index in [1.54, 1.807) is 0 Å². The maximum Gasteiger partial charge on any atom is 0.182 e. The summed E-state index contributed by atoms with van der Waals surface area (Å²) in [6.07, 6.45) is 0. The SMILES string of the molecule is CCN(CC(=O)c1ccc(F)cc1)c1ccc(Br)cc1. The predicted octanol–water partition coefficient (Wildman–Crippen LogP) is 4.30. The fourth-order valence-corrected chi connectivity index (χ4v) is 2.20. The normalized spacial score (nSPS) is 10.3. The van der Waals surface area contributed by atoms with Gasteiger partial charge in [-0.05, 0) is 55.5 Å². The molecule has 2 rings (SSSR count). The molecule has 0 aromatic heterocycles. The Labute approximate surface area is 126 Å². The summed E-state index contributed by atoms with van der Waals surface area (Å²) < 4.78 is 13.9. The zero-order valence-electron chi connectivity index (χ0n) is 11.1. The van der Waals surface area contributed by atoms with E-state index in [4.69, 9.17) is 0 Å². The van der Waals surface area contributed by atoms with Crippen molar-refractivity contribution in [1.29, 1.82) is 0 Å². The second-order valence-corrected chi connectivity index (χ2v) is 5.34. The van der Waals surface area contributed by atoms with E-state index in [9.17, 15) is 9.18 Å². The first kappa shape index (κ1) is 14.7. The molecule has 0 aliphatic carbocycles. The van der Waals surface area contributed by atoms with Gasteiger partial charge in [0.25, 0.3) is 0 Å². The number of carbonyl (C=O) groups excluding carboxylic acids is 1. The quantitative estimate of drug-likeness (QED) is 0.759. The van der Waals surface area contributed by atoms with E-state index in [2.05, 4.69) is 15.9 Å². The molecule has 20 heavy (non-hydrogen) atoms.